The van der Waals surface area contributed by atoms with E-state index >= 15 is 0 Å². The van der Waals surface area contributed by atoms with Crippen molar-refractivity contribution < 1.29 is 4.74 Å². The third-order valence-corrected chi connectivity index (χ3v) is 4.67. The minimum absolute atomic E-state index is 0.519. The first kappa shape index (κ1) is 21.0. The van der Waals surface area contributed by atoms with Gasteiger partial charge in [0.1, 0.15) is 5.76 Å². The largest absolute Gasteiger partial charge is 0.495 e. The normalized spacial score (nSPS) is 15.8. The Morgan fingerprint density at radius 3 is 1.91 bits per heavy atom. The second-order valence-corrected chi connectivity index (χ2v) is 7.21. The Morgan fingerprint density at radius 1 is 0.864 bits per heavy atom. The summed E-state index contributed by atoms with van der Waals surface area (Å²) in [5, 5.41) is 0. The van der Waals surface area contributed by atoms with Gasteiger partial charge < -0.3 is 4.74 Å². The highest BCUT2D eigenvalue weighted by Gasteiger charge is 2.14. The molecular formula is C21H38O. The molecule has 0 saturated heterocycles. The summed E-state index contributed by atoms with van der Waals surface area (Å²) < 4.78 is 5.33. The van der Waals surface area contributed by atoms with Gasteiger partial charge in [0, 0.05) is 0 Å². The Bertz CT molecular complexity index is 351. The van der Waals surface area contributed by atoms with E-state index in [0.29, 0.717) is 18.3 Å². The standard InChI is InChI=1S/C21H38O/c1-9-22-21(8)15-14-20(7)19(6)13-12-18(5)17(4)11-10-16(2)3/h14-19H,7-13H2,1-6H3/b15-14-. The van der Waals surface area contributed by atoms with Crippen LogP contribution in [0.5, 0.6) is 0 Å². The van der Waals surface area contributed by atoms with E-state index in [0.717, 1.165) is 17.8 Å². The number of hydrogen-bond donors (Lipinski definition) is 0. The van der Waals surface area contributed by atoms with Crippen LogP contribution in [0, 0.1) is 23.7 Å². The molecule has 0 radical (unpaired) electrons. The predicted molar refractivity (Wildman–Crippen MR) is 99.8 cm³/mol. The van der Waals surface area contributed by atoms with E-state index in [1.807, 2.05) is 13.0 Å². The molecule has 128 valence electrons. The Morgan fingerprint density at radius 2 is 1.41 bits per heavy atom. The van der Waals surface area contributed by atoms with Gasteiger partial charge in [-0.25, -0.2) is 0 Å². The van der Waals surface area contributed by atoms with Crippen LogP contribution in [0.2, 0.25) is 0 Å². The number of rotatable bonds is 12. The highest BCUT2D eigenvalue weighted by Crippen LogP contribution is 2.27. The average molecular weight is 307 g/mol. The fourth-order valence-electron chi connectivity index (χ4n) is 2.46. The molecule has 0 heterocycles. The van der Waals surface area contributed by atoms with Gasteiger partial charge in [-0.2, -0.15) is 0 Å². The van der Waals surface area contributed by atoms with Crippen LogP contribution >= 0.6 is 0 Å². The second-order valence-electron chi connectivity index (χ2n) is 7.21. The molecule has 0 spiro atoms. The Hall–Kier alpha value is -0.980. The molecule has 0 saturated carbocycles. The molecule has 0 fully saturated rings. The fourth-order valence-corrected chi connectivity index (χ4v) is 2.46. The Balaban J connectivity index is 4.12. The highest BCUT2D eigenvalue weighted by atomic mass is 16.5. The summed E-state index contributed by atoms with van der Waals surface area (Å²) in [4.78, 5) is 0. The van der Waals surface area contributed by atoms with Crippen LogP contribution in [0.25, 0.3) is 0 Å². The molecule has 0 amide bonds. The van der Waals surface area contributed by atoms with Gasteiger partial charge >= 0.3 is 0 Å². The van der Waals surface area contributed by atoms with Gasteiger partial charge in [-0.3, -0.25) is 0 Å². The zero-order chi connectivity index (χ0) is 17.1. The van der Waals surface area contributed by atoms with Crippen LogP contribution in [-0.4, -0.2) is 6.61 Å². The first-order valence-electron chi connectivity index (χ1n) is 8.96. The van der Waals surface area contributed by atoms with Gasteiger partial charge in [0.05, 0.1) is 6.61 Å². The molecule has 0 aliphatic heterocycles. The maximum Gasteiger partial charge on any atom is 0.112 e. The van der Waals surface area contributed by atoms with Crippen LogP contribution in [0.4, 0.5) is 0 Å². The third-order valence-electron chi connectivity index (χ3n) is 4.67. The molecule has 0 rings (SSSR count). The quantitative estimate of drug-likeness (QED) is 0.285. The van der Waals surface area contributed by atoms with E-state index in [-0.39, 0.29) is 0 Å². The molecule has 0 aromatic carbocycles. The van der Waals surface area contributed by atoms with Crippen molar-refractivity contribution >= 4 is 0 Å². The molecular weight excluding hydrogens is 268 g/mol. The summed E-state index contributed by atoms with van der Waals surface area (Å²) in [6.45, 7) is 22.4. The maximum absolute atomic E-state index is 5.33. The number of allylic oxidation sites excluding steroid dienone is 3. The van der Waals surface area contributed by atoms with Gasteiger partial charge in [0.2, 0.25) is 0 Å². The van der Waals surface area contributed by atoms with Gasteiger partial charge in [-0.15, -0.1) is 0 Å². The molecule has 1 heteroatoms. The predicted octanol–water partition coefficient (Wildman–Crippen LogP) is 6.77. The lowest BCUT2D eigenvalue weighted by molar-refractivity contribution is 0.244. The molecule has 0 aromatic heterocycles. The van der Waals surface area contributed by atoms with Crippen molar-refractivity contribution in [1.29, 1.82) is 0 Å². The fraction of sp³-hybridized carbons (Fsp3) is 0.714. The monoisotopic (exact) mass is 306 g/mol. The SMILES string of the molecule is C=C(/C=C\C(=C)C(C)CCC(C)C(C)CCC(C)C)OCC. The molecule has 0 N–H and O–H groups in total. The lowest BCUT2D eigenvalue weighted by Crippen LogP contribution is -2.11. The van der Waals surface area contributed by atoms with Gasteiger partial charge in [-0.1, -0.05) is 72.3 Å². The Kier molecular flexibility index (Phi) is 11.1. The van der Waals surface area contributed by atoms with Crippen molar-refractivity contribution in [3.05, 3.63) is 36.6 Å². The van der Waals surface area contributed by atoms with Gasteiger partial charge in [0.15, 0.2) is 0 Å². The molecule has 0 bridgehead atoms. The summed E-state index contributed by atoms with van der Waals surface area (Å²) in [6, 6.07) is 0. The van der Waals surface area contributed by atoms with Crippen LogP contribution in [-0.2, 0) is 4.74 Å². The number of hydrogen-bond acceptors (Lipinski definition) is 1. The highest BCUT2D eigenvalue weighted by molar-refractivity contribution is 5.22. The summed E-state index contributed by atoms with van der Waals surface area (Å²) >= 11 is 0. The molecule has 0 aromatic rings. The van der Waals surface area contributed by atoms with Gasteiger partial charge in [-0.05, 0) is 49.5 Å². The lowest BCUT2D eigenvalue weighted by atomic mass is 9.83. The average Bonchev–Trinajstić information content (AvgIpc) is 2.47. The zero-order valence-corrected chi connectivity index (χ0v) is 15.8. The number of ether oxygens (including phenoxy) is 1. The van der Waals surface area contributed by atoms with Crippen LogP contribution in [0.3, 0.4) is 0 Å². The summed E-state index contributed by atoms with van der Waals surface area (Å²) in [7, 11) is 0. The van der Waals surface area contributed by atoms with Crippen molar-refractivity contribution in [3.63, 3.8) is 0 Å². The minimum Gasteiger partial charge on any atom is -0.495 e. The topological polar surface area (TPSA) is 9.23 Å². The van der Waals surface area contributed by atoms with E-state index in [1.165, 1.54) is 31.3 Å². The molecule has 22 heavy (non-hydrogen) atoms. The van der Waals surface area contributed by atoms with E-state index < -0.39 is 0 Å². The smallest absolute Gasteiger partial charge is 0.112 e. The molecule has 0 aliphatic rings. The summed E-state index contributed by atoms with van der Waals surface area (Å²) in [6.07, 6.45) is 9.15. The van der Waals surface area contributed by atoms with Gasteiger partial charge in [0.25, 0.3) is 0 Å². The van der Waals surface area contributed by atoms with E-state index in [4.69, 9.17) is 4.74 Å². The molecule has 3 unspecified atom stereocenters. The van der Waals surface area contributed by atoms with Crippen molar-refractivity contribution in [2.24, 2.45) is 23.7 Å². The van der Waals surface area contributed by atoms with Crippen LogP contribution in [0.15, 0.2) is 36.6 Å². The zero-order valence-electron chi connectivity index (χ0n) is 15.8. The van der Waals surface area contributed by atoms with Crippen molar-refractivity contribution in [1.82, 2.24) is 0 Å². The summed E-state index contributed by atoms with van der Waals surface area (Å²) in [5.74, 6) is 3.65. The first-order chi connectivity index (χ1) is 10.3. The van der Waals surface area contributed by atoms with Crippen molar-refractivity contribution in [3.8, 4) is 0 Å². The molecule has 0 aliphatic carbocycles. The van der Waals surface area contributed by atoms with Crippen molar-refractivity contribution in [2.75, 3.05) is 6.61 Å². The van der Waals surface area contributed by atoms with E-state index in [2.05, 4.69) is 53.9 Å². The third kappa shape index (κ3) is 9.87. The Labute approximate surface area is 139 Å². The van der Waals surface area contributed by atoms with Crippen LogP contribution in [0.1, 0.15) is 67.2 Å². The second kappa shape index (κ2) is 11.6. The molecule has 3 atom stereocenters. The van der Waals surface area contributed by atoms with E-state index in [9.17, 15) is 0 Å². The first-order valence-corrected chi connectivity index (χ1v) is 8.96. The summed E-state index contributed by atoms with van der Waals surface area (Å²) in [5.41, 5.74) is 1.17. The van der Waals surface area contributed by atoms with Crippen LogP contribution < -0.4 is 0 Å². The maximum atomic E-state index is 5.33. The van der Waals surface area contributed by atoms with Crippen molar-refractivity contribution in [2.45, 2.75) is 67.2 Å². The lowest BCUT2D eigenvalue weighted by Gasteiger charge is -2.22. The minimum atomic E-state index is 0.519. The molecule has 1 nitrogen and oxygen atoms in total. The van der Waals surface area contributed by atoms with E-state index in [1.54, 1.807) is 0 Å².